The van der Waals surface area contributed by atoms with Gasteiger partial charge < -0.3 is 10.2 Å². The van der Waals surface area contributed by atoms with E-state index >= 15 is 0 Å². The SMILES string of the molecule is O=C1CN(c2c[c]ccn2)CCN1. The first kappa shape index (κ1) is 8.04. The second-order valence-electron chi connectivity index (χ2n) is 2.89. The highest BCUT2D eigenvalue weighted by molar-refractivity contribution is 5.82. The first-order valence-electron chi connectivity index (χ1n) is 4.20. The molecule has 0 unspecified atom stereocenters. The standard InChI is InChI=1S/C9H10N3O/c13-9-7-12(6-5-11-9)8-3-1-2-4-10-8/h2-4H,5-7H2,(H,11,13). The van der Waals surface area contributed by atoms with Crippen LogP contribution in [0.25, 0.3) is 0 Å². The van der Waals surface area contributed by atoms with Gasteiger partial charge in [0.15, 0.2) is 0 Å². The largest absolute Gasteiger partial charge is 0.353 e. The Morgan fingerprint density at radius 1 is 1.62 bits per heavy atom. The monoisotopic (exact) mass is 176 g/mol. The zero-order chi connectivity index (χ0) is 9.10. The normalized spacial score (nSPS) is 16.9. The highest BCUT2D eigenvalue weighted by atomic mass is 16.2. The van der Waals surface area contributed by atoms with E-state index in [1.165, 1.54) is 0 Å². The van der Waals surface area contributed by atoms with Crippen LogP contribution in [-0.4, -0.2) is 30.5 Å². The number of anilines is 1. The number of carbonyl (C=O) groups is 1. The van der Waals surface area contributed by atoms with Gasteiger partial charge in [-0.1, -0.05) is 0 Å². The van der Waals surface area contributed by atoms with Gasteiger partial charge in [-0.3, -0.25) is 4.79 Å². The van der Waals surface area contributed by atoms with Crippen LogP contribution in [0.3, 0.4) is 0 Å². The van der Waals surface area contributed by atoms with Crippen molar-refractivity contribution in [3.8, 4) is 0 Å². The third-order valence-electron chi connectivity index (χ3n) is 1.95. The van der Waals surface area contributed by atoms with E-state index in [2.05, 4.69) is 16.4 Å². The van der Waals surface area contributed by atoms with Gasteiger partial charge in [0.1, 0.15) is 5.82 Å². The Bertz CT molecular complexity index is 299. The number of piperazine rings is 1. The average molecular weight is 176 g/mol. The van der Waals surface area contributed by atoms with E-state index in [9.17, 15) is 4.79 Å². The summed E-state index contributed by atoms with van der Waals surface area (Å²) in [6.45, 7) is 1.90. The molecule has 1 fully saturated rings. The molecule has 0 aliphatic carbocycles. The van der Waals surface area contributed by atoms with E-state index < -0.39 is 0 Å². The van der Waals surface area contributed by atoms with Crippen LogP contribution in [0.4, 0.5) is 5.82 Å². The van der Waals surface area contributed by atoms with E-state index in [4.69, 9.17) is 0 Å². The molecule has 0 aromatic carbocycles. The van der Waals surface area contributed by atoms with Gasteiger partial charge in [0.2, 0.25) is 5.91 Å². The summed E-state index contributed by atoms with van der Waals surface area (Å²) in [6, 6.07) is 6.47. The van der Waals surface area contributed by atoms with Crippen molar-refractivity contribution in [2.75, 3.05) is 24.5 Å². The molecule has 1 radical (unpaired) electrons. The van der Waals surface area contributed by atoms with Crippen LogP contribution >= 0.6 is 0 Å². The lowest BCUT2D eigenvalue weighted by molar-refractivity contribution is -0.120. The molecule has 67 valence electrons. The van der Waals surface area contributed by atoms with Crippen molar-refractivity contribution >= 4 is 11.7 Å². The molecule has 1 aromatic rings. The Morgan fingerprint density at radius 2 is 2.54 bits per heavy atom. The van der Waals surface area contributed by atoms with Gasteiger partial charge in [0.25, 0.3) is 0 Å². The number of hydrogen-bond acceptors (Lipinski definition) is 3. The summed E-state index contributed by atoms with van der Waals surface area (Å²) >= 11 is 0. The Morgan fingerprint density at radius 3 is 3.23 bits per heavy atom. The Balaban J connectivity index is 2.13. The molecule has 2 heterocycles. The average Bonchev–Trinajstić information content (AvgIpc) is 2.19. The molecule has 1 aromatic heterocycles. The minimum atomic E-state index is 0.0527. The van der Waals surface area contributed by atoms with Crippen LogP contribution in [0, 0.1) is 6.07 Å². The second kappa shape index (κ2) is 3.43. The van der Waals surface area contributed by atoms with Crippen LogP contribution in [0.1, 0.15) is 0 Å². The number of nitrogens with zero attached hydrogens (tertiary/aromatic N) is 2. The second-order valence-corrected chi connectivity index (χ2v) is 2.89. The quantitative estimate of drug-likeness (QED) is 0.645. The first-order valence-corrected chi connectivity index (χ1v) is 4.20. The van der Waals surface area contributed by atoms with Gasteiger partial charge >= 0.3 is 0 Å². The van der Waals surface area contributed by atoms with Crippen LogP contribution < -0.4 is 10.2 Å². The molecule has 0 bridgehead atoms. The van der Waals surface area contributed by atoms with Gasteiger partial charge in [0.05, 0.1) is 6.54 Å². The zero-order valence-corrected chi connectivity index (χ0v) is 7.16. The van der Waals surface area contributed by atoms with E-state index in [1.54, 1.807) is 18.3 Å². The van der Waals surface area contributed by atoms with E-state index in [0.29, 0.717) is 13.1 Å². The van der Waals surface area contributed by atoms with Gasteiger partial charge in [0, 0.05) is 19.3 Å². The van der Waals surface area contributed by atoms with Gasteiger partial charge in [-0.25, -0.2) is 4.98 Å². The number of rotatable bonds is 1. The lowest BCUT2D eigenvalue weighted by atomic mass is 10.3. The molecule has 1 aliphatic rings. The molecular formula is C9H10N3O. The summed E-state index contributed by atoms with van der Waals surface area (Å²) in [5.41, 5.74) is 0. The number of carbonyl (C=O) groups excluding carboxylic acids is 1. The molecule has 0 atom stereocenters. The maximum absolute atomic E-state index is 11.1. The molecule has 13 heavy (non-hydrogen) atoms. The van der Waals surface area contributed by atoms with E-state index in [0.717, 1.165) is 12.4 Å². The van der Waals surface area contributed by atoms with E-state index in [-0.39, 0.29) is 5.91 Å². The Hall–Kier alpha value is -1.58. The molecular weight excluding hydrogens is 166 g/mol. The molecule has 2 rings (SSSR count). The predicted octanol–water partition coefficient (Wildman–Crippen LogP) is -0.182. The maximum Gasteiger partial charge on any atom is 0.239 e. The van der Waals surface area contributed by atoms with Gasteiger partial charge in [-0.2, -0.15) is 0 Å². The maximum atomic E-state index is 11.1. The van der Waals surface area contributed by atoms with Crippen molar-refractivity contribution in [3.05, 3.63) is 24.4 Å². The van der Waals surface area contributed by atoms with Crippen LogP contribution in [0.2, 0.25) is 0 Å². The summed E-state index contributed by atoms with van der Waals surface area (Å²) in [5.74, 6) is 0.870. The van der Waals surface area contributed by atoms with Crippen LogP contribution in [0.15, 0.2) is 18.3 Å². The van der Waals surface area contributed by atoms with Crippen LogP contribution in [-0.2, 0) is 4.79 Å². The van der Waals surface area contributed by atoms with Crippen molar-refractivity contribution in [1.82, 2.24) is 10.3 Å². The highest BCUT2D eigenvalue weighted by Crippen LogP contribution is 2.08. The molecule has 4 nitrogen and oxygen atoms in total. The summed E-state index contributed by atoms with van der Waals surface area (Å²) in [5, 5.41) is 2.76. The number of amides is 1. The summed E-state index contributed by atoms with van der Waals surface area (Å²) < 4.78 is 0. The number of nitrogens with one attached hydrogen (secondary N) is 1. The molecule has 4 heteroatoms. The Labute approximate surface area is 76.6 Å². The number of aromatic nitrogens is 1. The summed E-state index contributed by atoms with van der Waals surface area (Å²) in [6.07, 6.45) is 1.68. The minimum absolute atomic E-state index is 0.0527. The smallest absolute Gasteiger partial charge is 0.239 e. The summed E-state index contributed by atoms with van der Waals surface area (Å²) in [7, 11) is 0. The molecule has 0 saturated carbocycles. The summed E-state index contributed by atoms with van der Waals surface area (Å²) in [4.78, 5) is 17.1. The highest BCUT2D eigenvalue weighted by Gasteiger charge is 2.16. The fraction of sp³-hybridized carbons (Fsp3) is 0.333. The van der Waals surface area contributed by atoms with Crippen molar-refractivity contribution in [1.29, 1.82) is 0 Å². The zero-order valence-electron chi connectivity index (χ0n) is 7.16. The van der Waals surface area contributed by atoms with Crippen LogP contribution in [0.5, 0.6) is 0 Å². The Kier molecular flexibility index (Phi) is 2.12. The van der Waals surface area contributed by atoms with Gasteiger partial charge in [-0.15, -0.1) is 0 Å². The molecule has 1 aliphatic heterocycles. The molecule has 1 saturated heterocycles. The minimum Gasteiger partial charge on any atom is -0.353 e. The van der Waals surface area contributed by atoms with Crippen molar-refractivity contribution in [2.24, 2.45) is 0 Å². The third kappa shape index (κ3) is 1.77. The van der Waals surface area contributed by atoms with Gasteiger partial charge in [-0.05, 0) is 18.2 Å². The number of pyridine rings is 1. The fourth-order valence-corrected chi connectivity index (χ4v) is 1.32. The molecule has 0 spiro atoms. The predicted molar refractivity (Wildman–Crippen MR) is 48.3 cm³/mol. The lowest BCUT2D eigenvalue weighted by Crippen LogP contribution is -2.47. The van der Waals surface area contributed by atoms with Crippen molar-refractivity contribution in [2.45, 2.75) is 0 Å². The van der Waals surface area contributed by atoms with E-state index in [1.807, 2.05) is 4.90 Å². The van der Waals surface area contributed by atoms with Crippen molar-refractivity contribution in [3.63, 3.8) is 0 Å². The fourth-order valence-electron chi connectivity index (χ4n) is 1.32. The molecule has 1 N–H and O–H groups in total. The lowest BCUT2D eigenvalue weighted by Gasteiger charge is -2.27. The number of hydrogen-bond donors (Lipinski definition) is 1. The topological polar surface area (TPSA) is 45.2 Å². The molecule has 1 amide bonds. The first-order chi connectivity index (χ1) is 6.36. The van der Waals surface area contributed by atoms with Crippen molar-refractivity contribution < 1.29 is 4.79 Å². The third-order valence-corrected chi connectivity index (χ3v) is 1.95.